The van der Waals surface area contributed by atoms with Crippen LogP contribution in [0.4, 0.5) is 39.0 Å². The lowest BCUT2D eigenvalue weighted by atomic mass is 10.2. The zero-order chi connectivity index (χ0) is 24.6. The number of azo groups is 1. The lowest BCUT2D eigenvalue weighted by Gasteiger charge is -2.11. The van der Waals surface area contributed by atoms with Gasteiger partial charge in [0.25, 0.3) is 0 Å². The molecular weight excluding hydrogens is 459 g/mol. The average Bonchev–Trinajstić information content (AvgIpc) is 3.26. The molecule has 11 heteroatoms. The molecule has 0 radical (unpaired) electrons. The number of hydrogen-bond acceptors (Lipinski definition) is 5. The van der Waals surface area contributed by atoms with Gasteiger partial charge in [-0.25, -0.2) is 18.0 Å². The average molecular weight is 474 g/mol. The quantitative estimate of drug-likeness (QED) is 0.0889. The van der Waals surface area contributed by atoms with Crippen molar-refractivity contribution in [2.24, 2.45) is 10.2 Å². The number of fused-ring (bicyclic) bond motifs is 1. The largest absolute Gasteiger partial charge is 0.415 e. The second kappa shape index (κ2) is 8.93. The summed E-state index contributed by atoms with van der Waals surface area (Å²) < 4.78 is 71.9. The Hall–Kier alpha value is -4.28. The minimum absolute atomic E-state index is 0.271. The minimum Gasteiger partial charge on any atom is -0.415 e. The third kappa shape index (κ3) is 4.32. The van der Waals surface area contributed by atoms with Gasteiger partial charge in [-0.3, -0.25) is 0 Å². The molecule has 6 nitrogen and oxygen atoms in total. The number of anilines is 1. The number of carbonyl (C=O) groups is 1. The molecule has 1 N–H and O–H groups in total. The monoisotopic (exact) mass is 474 g/mol. The summed E-state index contributed by atoms with van der Waals surface area (Å²) in [5, 5.41) is 8.76. The van der Waals surface area contributed by atoms with Crippen molar-refractivity contribution in [2.45, 2.75) is 0 Å². The first-order valence-corrected chi connectivity index (χ1v) is 9.71. The number of benzene rings is 3. The van der Waals surface area contributed by atoms with Crippen LogP contribution in [-0.2, 0) is 0 Å². The molecule has 0 amide bonds. The number of aromatic amines is 1. The SMILES string of the molecule is CN(C)c1ccc(N=Nc2ccc3[nH]c(C(=O)Oc4c(F)c(F)c(F)c(F)c4F)cc3c2)cc1. The van der Waals surface area contributed by atoms with E-state index < -0.39 is 40.8 Å². The Balaban J connectivity index is 1.56. The van der Waals surface area contributed by atoms with Crippen LogP contribution in [0.5, 0.6) is 5.75 Å². The fourth-order valence-electron chi connectivity index (χ4n) is 3.05. The maximum absolute atomic E-state index is 13.8. The van der Waals surface area contributed by atoms with Gasteiger partial charge in [-0.2, -0.15) is 19.0 Å². The van der Waals surface area contributed by atoms with Gasteiger partial charge in [-0.15, -0.1) is 0 Å². The number of aromatic nitrogens is 1. The molecule has 0 aliphatic carbocycles. The first-order valence-electron chi connectivity index (χ1n) is 9.71. The van der Waals surface area contributed by atoms with Gasteiger partial charge in [0.05, 0.1) is 11.4 Å². The van der Waals surface area contributed by atoms with Crippen LogP contribution in [0.1, 0.15) is 10.5 Å². The van der Waals surface area contributed by atoms with E-state index in [-0.39, 0.29) is 5.69 Å². The topological polar surface area (TPSA) is 70.0 Å². The molecule has 0 unspecified atom stereocenters. The van der Waals surface area contributed by atoms with Gasteiger partial charge in [-0.1, -0.05) is 0 Å². The Bertz CT molecular complexity index is 1400. The van der Waals surface area contributed by atoms with Crippen LogP contribution in [0.25, 0.3) is 10.9 Å². The van der Waals surface area contributed by atoms with Crippen molar-refractivity contribution >= 4 is 33.9 Å². The van der Waals surface area contributed by atoms with Gasteiger partial charge in [-0.05, 0) is 48.5 Å². The second-order valence-corrected chi connectivity index (χ2v) is 7.35. The molecule has 4 aromatic rings. The summed E-state index contributed by atoms with van der Waals surface area (Å²) in [4.78, 5) is 16.9. The maximum atomic E-state index is 13.8. The summed E-state index contributed by atoms with van der Waals surface area (Å²) in [6.45, 7) is 0. The summed E-state index contributed by atoms with van der Waals surface area (Å²) in [6.07, 6.45) is 0. The maximum Gasteiger partial charge on any atom is 0.360 e. The standard InChI is InChI=1S/C23H15F5N4O2/c1-32(2)14-6-3-12(4-7-14)30-31-13-5-8-15-11(9-13)10-16(29-15)23(33)34-22-20(27)18(25)17(24)19(26)21(22)28/h3-10,29H,1-2H3. The van der Waals surface area contributed by atoms with Crippen LogP contribution < -0.4 is 9.64 Å². The normalized spacial score (nSPS) is 11.4. The number of rotatable bonds is 5. The highest BCUT2D eigenvalue weighted by Gasteiger charge is 2.29. The number of nitrogens with one attached hydrogen (secondary N) is 1. The molecule has 4 rings (SSSR count). The van der Waals surface area contributed by atoms with Crippen molar-refractivity contribution in [2.75, 3.05) is 19.0 Å². The van der Waals surface area contributed by atoms with Crippen LogP contribution in [0, 0.1) is 29.1 Å². The van der Waals surface area contributed by atoms with E-state index in [2.05, 4.69) is 19.9 Å². The summed E-state index contributed by atoms with van der Waals surface area (Å²) >= 11 is 0. The van der Waals surface area contributed by atoms with E-state index in [1.165, 1.54) is 6.07 Å². The van der Waals surface area contributed by atoms with Gasteiger partial charge >= 0.3 is 5.97 Å². The molecule has 34 heavy (non-hydrogen) atoms. The number of halogens is 5. The van der Waals surface area contributed by atoms with Gasteiger partial charge in [0.2, 0.25) is 34.8 Å². The molecular formula is C23H15F5N4O2. The lowest BCUT2D eigenvalue weighted by Crippen LogP contribution is -2.14. The van der Waals surface area contributed by atoms with Crippen LogP contribution >= 0.6 is 0 Å². The molecule has 0 fully saturated rings. The second-order valence-electron chi connectivity index (χ2n) is 7.35. The van der Waals surface area contributed by atoms with E-state index in [0.717, 1.165) is 5.69 Å². The van der Waals surface area contributed by atoms with E-state index in [9.17, 15) is 26.7 Å². The van der Waals surface area contributed by atoms with E-state index in [0.29, 0.717) is 22.3 Å². The van der Waals surface area contributed by atoms with Gasteiger partial charge in [0.1, 0.15) is 5.69 Å². The highest BCUT2D eigenvalue weighted by Crippen LogP contribution is 2.30. The van der Waals surface area contributed by atoms with Gasteiger partial charge in [0, 0.05) is 30.7 Å². The fraction of sp³-hybridized carbons (Fsp3) is 0.0870. The first kappa shape index (κ1) is 22.9. The Labute approximate surface area is 189 Å². The van der Waals surface area contributed by atoms with Crippen molar-refractivity contribution in [1.82, 2.24) is 4.98 Å². The fourth-order valence-corrected chi connectivity index (χ4v) is 3.05. The van der Waals surface area contributed by atoms with Gasteiger partial charge in [0.15, 0.2) is 0 Å². The van der Waals surface area contributed by atoms with Crippen molar-refractivity contribution in [3.05, 3.63) is 83.3 Å². The first-order chi connectivity index (χ1) is 16.2. The van der Waals surface area contributed by atoms with E-state index in [4.69, 9.17) is 0 Å². The third-order valence-electron chi connectivity index (χ3n) is 4.84. The Kier molecular flexibility index (Phi) is 6.01. The number of nitrogens with zero attached hydrogens (tertiary/aromatic N) is 3. The minimum atomic E-state index is -2.35. The van der Waals surface area contributed by atoms with Crippen molar-refractivity contribution in [3.63, 3.8) is 0 Å². The molecule has 3 aromatic carbocycles. The van der Waals surface area contributed by atoms with Crippen molar-refractivity contribution in [1.29, 1.82) is 0 Å². The molecule has 0 spiro atoms. The lowest BCUT2D eigenvalue weighted by molar-refractivity contribution is 0.0711. The Morgan fingerprint density at radius 3 is 1.97 bits per heavy atom. The predicted octanol–water partition coefficient (Wildman–Crippen LogP) is 6.56. The zero-order valence-corrected chi connectivity index (χ0v) is 17.7. The molecule has 0 bridgehead atoms. The molecule has 0 saturated carbocycles. The van der Waals surface area contributed by atoms with Crippen molar-refractivity contribution in [3.8, 4) is 5.75 Å². The summed E-state index contributed by atoms with van der Waals surface area (Å²) in [7, 11) is 3.83. The smallest absolute Gasteiger partial charge is 0.360 e. The van der Waals surface area contributed by atoms with Crippen LogP contribution in [0.15, 0.2) is 58.8 Å². The van der Waals surface area contributed by atoms with Crippen LogP contribution in [0.3, 0.4) is 0 Å². The number of ether oxygens (including phenoxy) is 1. The number of esters is 1. The van der Waals surface area contributed by atoms with E-state index in [1.807, 2.05) is 31.1 Å². The molecule has 1 aromatic heterocycles. The third-order valence-corrected chi connectivity index (χ3v) is 4.84. The number of H-pyrrole nitrogens is 1. The summed E-state index contributed by atoms with van der Waals surface area (Å²) in [5.41, 5.74) is 2.23. The zero-order valence-electron chi connectivity index (χ0n) is 17.7. The molecule has 0 aliphatic heterocycles. The van der Waals surface area contributed by atoms with Crippen LogP contribution in [0.2, 0.25) is 0 Å². The molecule has 0 atom stereocenters. The number of carbonyl (C=O) groups excluding carboxylic acids is 1. The number of hydrogen-bond donors (Lipinski definition) is 1. The molecule has 0 saturated heterocycles. The van der Waals surface area contributed by atoms with Crippen molar-refractivity contribution < 1.29 is 31.5 Å². The Morgan fingerprint density at radius 2 is 1.35 bits per heavy atom. The van der Waals surface area contributed by atoms with E-state index >= 15 is 0 Å². The van der Waals surface area contributed by atoms with Crippen LogP contribution in [-0.4, -0.2) is 25.0 Å². The molecule has 174 valence electrons. The molecule has 1 heterocycles. The predicted molar refractivity (Wildman–Crippen MR) is 114 cm³/mol. The molecule has 0 aliphatic rings. The summed E-state index contributed by atoms with van der Waals surface area (Å²) in [5.74, 6) is -14.3. The highest BCUT2D eigenvalue weighted by molar-refractivity contribution is 5.96. The van der Waals surface area contributed by atoms with E-state index in [1.54, 1.807) is 30.3 Å². The summed E-state index contributed by atoms with van der Waals surface area (Å²) in [6, 6.07) is 13.4. The Morgan fingerprint density at radius 1 is 0.794 bits per heavy atom. The van der Waals surface area contributed by atoms with Gasteiger partial charge < -0.3 is 14.6 Å². The highest BCUT2D eigenvalue weighted by atomic mass is 19.2.